The van der Waals surface area contributed by atoms with E-state index in [9.17, 15) is 13.2 Å². The molecule has 0 bridgehead atoms. The summed E-state index contributed by atoms with van der Waals surface area (Å²) in [5.41, 5.74) is 1.61. The molecule has 2 aromatic rings. The zero-order chi connectivity index (χ0) is 19.4. The number of pyridine rings is 1. The zero-order valence-electron chi connectivity index (χ0n) is 15.7. The fourth-order valence-corrected chi connectivity index (χ4v) is 5.08. The third-order valence-electron chi connectivity index (χ3n) is 5.00. The van der Waals surface area contributed by atoms with Crippen molar-refractivity contribution in [1.29, 1.82) is 0 Å². The van der Waals surface area contributed by atoms with E-state index in [4.69, 9.17) is 0 Å². The molecule has 1 saturated heterocycles. The minimum Gasteiger partial charge on any atom is -0.356 e. The summed E-state index contributed by atoms with van der Waals surface area (Å²) in [6.07, 6.45) is 2.19. The molecule has 2 heterocycles. The van der Waals surface area contributed by atoms with Gasteiger partial charge in [-0.3, -0.25) is 4.79 Å². The van der Waals surface area contributed by atoms with Crippen molar-refractivity contribution in [3.05, 3.63) is 59.8 Å². The summed E-state index contributed by atoms with van der Waals surface area (Å²) in [4.78, 5) is 20.9. The first kappa shape index (κ1) is 19.4. The van der Waals surface area contributed by atoms with Crippen LogP contribution >= 0.6 is 0 Å². The number of sulfone groups is 1. The van der Waals surface area contributed by atoms with Gasteiger partial charge in [-0.15, -0.1) is 0 Å². The van der Waals surface area contributed by atoms with Gasteiger partial charge < -0.3 is 9.80 Å². The number of carbonyl (C=O) groups is 1. The van der Waals surface area contributed by atoms with E-state index in [1.165, 1.54) is 0 Å². The molecule has 1 aromatic carbocycles. The van der Waals surface area contributed by atoms with Gasteiger partial charge in [0.05, 0.1) is 17.1 Å². The maximum absolute atomic E-state index is 12.8. The Morgan fingerprint density at radius 2 is 1.93 bits per heavy atom. The van der Waals surface area contributed by atoms with Gasteiger partial charge in [0, 0.05) is 32.4 Å². The lowest BCUT2D eigenvalue weighted by Gasteiger charge is -2.25. The first-order valence-electron chi connectivity index (χ1n) is 9.12. The number of carbonyl (C=O) groups excluding carboxylic acids is 1. The maximum Gasteiger partial charge on any atom is 0.255 e. The second-order valence-corrected chi connectivity index (χ2v) is 9.11. The molecule has 3 rings (SSSR count). The highest BCUT2D eigenvalue weighted by Gasteiger charge is 2.31. The lowest BCUT2D eigenvalue weighted by Crippen LogP contribution is -2.33. The van der Waals surface area contributed by atoms with Crippen molar-refractivity contribution in [1.82, 2.24) is 9.88 Å². The minimum atomic E-state index is -2.94. The Balaban J connectivity index is 1.69. The fraction of sp³-hybridized carbons (Fsp3) is 0.400. The van der Waals surface area contributed by atoms with Gasteiger partial charge in [0.2, 0.25) is 0 Å². The van der Waals surface area contributed by atoms with Gasteiger partial charge in [0.25, 0.3) is 5.91 Å². The Bertz CT molecular complexity index is 882. The Morgan fingerprint density at radius 3 is 2.48 bits per heavy atom. The third-order valence-corrected chi connectivity index (χ3v) is 6.75. The van der Waals surface area contributed by atoms with Crippen LogP contribution < -0.4 is 4.90 Å². The quantitative estimate of drug-likeness (QED) is 0.761. The lowest BCUT2D eigenvalue weighted by molar-refractivity contribution is 0.0752. The second-order valence-electron chi connectivity index (χ2n) is 6.88. The molecule has 6 nitrogen and oxygen atoms in total. The number of hydrogen-bond acceptors (Lipinski definition) is 5. The predicted molar refractivity (Wildman–Crippen MR) is 107 cm³/mol. The summed E-state index contributed by atoms with van der Waals surface area (Å²) in [7, 11) is -1.09. The van der Waals surface area contributed by atoms with E-state index in [1.54, 1.807) is 23.2 Å². The van der Waals surface area contributed by atoms with E-state index >= 15 is 0 Å². The lowest BCUT2D eigenvalue weighted by atomic mass is 10.2. The molecule has 1 aliphatic rings. The number of amides is 1. The molecule has 0 radical (unpaired) electrons. The molecule has 1 fully saturated rings. The Hall–Kier alpha value is -2.41. The highest BCUT2D eigenvalue weighted by atomic mass is 32.2. The molecule has 7 heteroatoms. The number of benzene rings is 1. The minimum absolute atomic E-state index is 0.0609. The molecule has 27 heavy (non-hydrogen) atoms. The van der Waals surface area contributed by atoms with E-state index in [0.29, 0.717) is 30.9 Å². The van der Waals surface area contributed by atoms with E-state index in [2.05, 4.69) is 4.98 Å². The molecule has 0 aliphatic carbocycles. The molecule has 1 aromatic heterocycles. The number of anilines is 1. The summed E-state index contributed by atoms with van der Waals surface area (Å²) < 4.78 is 23.4. The maximum atomic E-state index is 12.8. The first-order valence-corrected chi connectivity index (χ1v) is 10.9. The van der Waals surface area contributed by atoms with Crippen molar-refractivity contribution >= 4 is 21.6 Å². The predicted octanol–water partition coefficient (Wildman–Crippen LogP) is 2.37. The Kier molecular flexibility index (Phi) is 5.79. The summed E-state index contributed by atoms with van der Waals surface area (Å²) in [5, 5.41) is 0. The largest absolute Gasteiger partial charge is 0.356 e. The summed E-state index contributed by atoms with van der Waals surface area (Å²) in [5.74, 6) is 1.00. The van der Waals surface area contributed by atoms with Gasteiger partial charge >= 0.3 is 0 Å². The van der Waals surface area contributed by atoms with Crippen LogP contribution in [0.25, 0.3) is 0 Å². The van der Waals surface area contributed by atoms with Crippen LogP contribution in [0.1, 0.15) is 29.3 Å². The van der Waals surface area contributed by atoms with E-state index < -0.39 is 9.84 Å². The molecular weight excluding hydrogens is 362 g/mol. The highest BCUT2D eigenvalue weighted by Crippen LogP contribution is 2.21. The molecule has 1 atom stereocenters. The van der Waals surface area contributed by atoms with Gasteiger partial charge in [-0.25, -0.2) is 13.4 Å². The topological polar surface area (TPSA) is 70.6 Å². The first-order chi connectivity index (χ1) is 12.9. The van der Waals surface area contributed by atoms with E-state index in [-0.39, 0.29) is 23.5 Å². The monoisotopic (exact) mass is 387 g/mol. The van der Waals surface area contributed by atoms with Crippen LogP contribution in [-0.4, -0.2) is 55.3 Å². The van der Waals surface area contributed by atoms with Crippen LogP contribution in [0, 0.1) is 0 Å². The summed E-state index contributed by atoms with van der Waals surface area (Å²) in [6, 6.07) is 13.4. The second kappa shape index (κ2) is 8.08. The van der Waals surface area contributed by atoms with E-state index in [0.717, 1.165) is 5.56 Å². The van der Waals surface area contributed by atoms with Crippen LogP contribution in [0.4, 0.5) is 5.82 Å². The summed E-state index contributed by atoms with van der Waals surface area (Å²) >= 11 is 0. The highest BCUT2D eigenvalue weighted by molar-refractivity contribution is 7.91. The van der Waals surface area contributed by atoms with Gasteiger partial charge in [-0.2, -0.15) is 0 Å². The van der Waals surface area contributed by atoms with Crippen LogP contribution in [0.3, 0.4) is 0 Å². The molecule has 1 unspecified atom stereocenters. The standard InChI is InChI=1S/C20H25N3O3S/c1-3-23(14-16-7-5-4-6-8-16)20(24)17-9-10-19(21-13-17)22(2)18-11-12-27(25,26)15-18/h4-10,13,18H,3,11-12,14-15H2,1-2H3. The summed E-state index contributed by atoms with van der Waals surface area (Å²) in [6.45, 7) is 3.12. The SMILES string of the molecule is CCN(Cc1ccccc1)C(=O)c1ccc(N(C)C2CCS(=O)(=O)C2)nc1. The Morgan fingerprint density at radius 1 is 1.19 bits per heavy atom. The van der Waals surface area contributed by atoms with Crippen molar-refractivity contribution < 1.29 is 13.2 Å². The molecule has 0 saturated carbocycles. The van der Waals surface area contributed by atoms with Gasteiger partial charge in [0.15, 0.2) is 9.84 Å². The van der Waals surface area contributed by atoms with Gasteiger partial charge in [-0.05, 0) is 31.0 Å². The number of rotatable bonds is 6. The average molecular weight is 388 g/mol. The van der Waals surface area contributed by atoms with Crippen molar-refractivity contribution in [3.8, 4) is 0 Å². The normalized spacial score (nSPS) is 18.2. The molecule has 144 valence electrons. The van der Waals surface area contributed by atoms with Crippen LogP contribution in [0.2, 0.25) is 0 Å². The molecule has 0 spiro atoms. The van der Waals surface area contributed by atoms with Gasteiger partial charge in [-0.1, -0.05) is 30.3 Å². The van der Waals surface area contributed by atoms with Crippen LogP contribution in [0.15, 0.2) is 48.7 Å². The smallest absolute Gasteiger partial charge is 0.255 e. The molecule has 1 amide bonds. The average Bonchev–Trinajstić information content (AvgIpc) is 3.05. The molecule has 1 aliphatic heterocycles. The van der Waals surface area contributed by atoms with E-state index in [1.807, 2.05) is 49.2 Å². The Labute approximate surface area is 160 Å². The van der Waals surface area contributed by atoms with Crippen molar-refractivity contribution in [2.24, 2.45) is 0 Å². The number of nitrogens with zero attached hydrogens (tertiary/aromatic N) is 3. The fourth-order valence-electron chi connectivity index (χ4n) is 3.30. The number of aromatic nitrogens is 1. The van der Waals surface area contributed by atoms with Crippen molar-refractivity contribution in [3.63, 3.8) is 0 Å². The van der Waals surface area contributed by atoms with Crippen molar-refractivity contribution in [2.75, 3.05) is 30.0 Å². The number of hydrogen-bond donors (Lipinski definition) is 0. The molecular formula is C20H25N3O3S. The van der Waals surface area contributed by atoms with Crippen molar-refractivity contribution in [2.45, 2.75) is 25.9 Å². The van der Waals surface area contributed by atoms with Crippen LogP contribution in [0.5, 0.6) is 0 Å². The van der Waals surface area contributed by atoms with Crippen LogP contribution in [-0.2, 0) is 16.4 Å². The third kappa shape index (κ3) is 4.66. The molecule has 0 N–H and O–H groups in total. The van der Waals surface area contributed by atoms with Gasteiger partial charge in [0.1, 0.15) is 5.82 Å². The zero-order valence-corrected chi connectivity index (χ0v) is 16.5.